The van der Waals surface area contributed by atoms with Gasteiger partial charge in [0.1, 0.15) is 0 Å². The first-order chi connectivity index (χ1) is 20.1. The number of fused-ring (bicyclic) bond motifs is 8. The first-order valence-corrected chi connectivity index (χ1v) is 14.5. The number of hydrogen-bond donors (Lipinski definition) is 0. The van der Waals surface area contributed by atoms with Gasteiger partial charge in [0, 0.05) is 5.41 Å². The van der Waals surface area contributed by atoms with Gasteiger partial charge in [-0.25, -0.2) is 0 Å². The number of hydrogen-bond acceptors (Lipinski definition) is 0. The van der Waals surface area contributed by atoms with E-state index < -0.39 is 0 Å². The van der Waals surface area contributed by atoms with Gasteiger partial charge in [-0.05, 0) is 94.4 Å². The Hall–Kier alpha value is -4.94. The largest absolute Gasteiger partial charge is 0.0622 e. The van der Waals surface area contributed by atoms with Crippen molar-refractivity contribution in [3.8, 4) is 55.6 Å². The molecule has 0 atom stereocenters. The van der Waals surface area contributed by atoms with Crippen molar-refractivity contribution in [2.75, 3.05) is 0 Å². The molecule has 41 heavy (non-hydrogen) atoms. The van der Waals surface area contributed by atoms with Crippen LogP contribution >= 0.6 is 0 Å². The monoisotopic (exact) mass is 520 g/mol. The molecule has 0 unspecified atom stereocenters. The summed E-state index contributed by atoms with van der Waals surface area (Å²) in [5, 5.41) is 5.37. The molecule has 0 heteroatoms. The van der Waals surface area contributed by atoms with Gasteiger partial charge in [-0.15, -0.1) is 0 Å². The molecule has 0 saturated heterocycles. The minimum Gasteiger partial charge on any atom is -0.0622 e. The van der Waals surface area contributed by atoms with E-state index in [1.807, 2.05) is 0 Å². The smallest absolute Gasteiger partial charge is 0.0159 e. The molecular formula is C41H28. The predicted molar refractivity (Wildman–Crippen MR) is 174 cm³/mol. The van der Waals surface area contributed by atoms with Crippen molar-refractivity contribution in [1.82, 2.24) is 0 Å². The van der Waals surface area contributed by atoms with E-state index in [9.17, 15) is 0 Å². The van der Waals surface area contributed by atoms with E-state index in [4.69, 9.17) is 0 Å². The van der Waals surface area contributed by atoms with Crippen LogP contribution in [0.1, 0.15) is 25.0 Å². The molecule has 0 amide bonds. The van der Waals surface area contributed by atoms with Crippen molar-refractivity contribution < 1.29 is 0 Å². The quantitative estimate of drug-likeness (QED) is 0.213. The molecule has 0 radical (unpaired) electrons. The standard InChI is InChI=1S/C41H28/c1-41(2)33-23-12-11-20-29(33)38-30-21-13-22-31-37(30)32(24-34(38)41)40-36(26-16-7-4-8-17-26)28-19-10-9-18-27(28)35(39(31)40)25-14-5-3-6-15-25/h3-24H,1-2H3. The van der Waals surface area contributed by atoms with Crippen LogP contribution in [0, 0.1) is 0 Å². The van der Waals surface area contributed by atoms with Gasteiger partial charge >= 0.3 is 0 Å². The molecule has 0 aromatic heterocycles. The molecule has 192 valence electrons. The lowest BCUT2D eigenvalue weighted by molar-refractivity contribution is 0.661. The zero-order valence-corrected chi connectivity index (χ0v) is 23.2. The molecular weight excluding hydrogens is 492 g/mol. The molecule has 0 spiro atoms. The lowest BCUT2D eigenvalue weighted by Gasteiger charge is -2.23. The maximum Gasteiger partial charge on any atom is 0.0159 e. The second-order valence-corrected chi connectivity index (χ2v) is 12.0. The fourth-order valence-corrected chi connectivity index (χ4v) is 7.85. The van der Waals surface area contributed by atoms with Gasteiger partial charge in [-0.2, -0.15) is 0 Å². The van der Waals surface area contributed by atoms with Crippen LogP contribution in [0.25, 0.3) is 77.2 Å². The Morgan fingerprint density at radius 1 is 0.366 bits per heavy atom. The fourth-order valence-electron chi connectivity index (χ4n) is 7.85. The Morgan fingerprint density at radius 2 is 0.878 bits per heavy atom. The highest BCUT2D eigenvalue weighted by atomic mass is 14.4. The molecule has 7 aromatic carbocycles. The van der Waals surface area contributed by atoms with E-state index in [2.05, 4.69) is 147 Å². The summed E-state index contributed by atoms with van der Waals surface area (Å²) in [6.45, 7) is 4.79. The predicted octanol–water partition coefficient (Wildman–Crippen LogP) is 11.3. The molecule has 2 aliphatic rings. The third kappa shape index (κ3) is 2.89. The molecule has 9 rings (SSSR count). The van der Waals surface area contributed by atoms with Crippen molar-refractivity contribution >= 4 is 21.5 Å². The van der Waals surface area contributed by atoms with Crippen LogP contribution in [-0.2, 0) is 5.41 Å². The van der Waals surface area contributed by atoms with Gasteiger partial charge in [0.2, 0.25) is 0 Å². The summed E-state index contributed by atoms with van der Waals surface area (Å²) >= 11 is 0. The third-order valence-corrected chi connectivity index (χ3v) is 9.58. The minimum absolute atomic E-state index is 0.0681. The summed E-state index contributed by atoms with van der Waals surface area (Å²) in [6, 6.07) is 49.5. The van der Waals surface area contributed by atoms with Crippen molar-refractivity contribution in [2.45, 2.75) is 19.3 Å². The second kappa shape index (κ2) is 8.05. The first kappa shape index (κ1) is 22.8. The second-order valence-electron chi connectivity index (χ2n) is 12.0. The van der Waals surface area contributed by atoms with Crippen molar-refractivity contribution in [2.24, 2.45) is 0 Å². The van der Waals surface area contributed by atoms with Gasteiger partial charge in [-0.1, -0.05) is 141 Å². The van der Waals surface area contributed by atoms with E-state index in [1.54, 1.807) is 0 Å². The molecule has 7 aromatic rings. The maximum absolute atomic E-state index is 2.54. The zero-order valence-electron chi connectivity index (χ0n) is 23.2. The molecule has 0 aliphatic heterocycles. The highest BCUT2D eigenvalue weighted by molar-refractivity contribution is 6.29. The SMILES string of the molecule is CC1(C)c2ccccc2-c2c1cc1c3c(cccc23)-c2c-1c(-c1ccccc1)c1ccccc1c2-c1ccccc1. The van der Waals surface area contributed by atoms with Crippen LogP contribution in [0.5, 0.6) is 0 Å². The van der Waals surface area contributed by atoms with E-state index >= 15 is 0 Å². The Labute approximate surface area is 240 Å². The van der Waals surface area contributed by atoms with Gasteiger partial charge in [0.15, 0.2) is 0 Å². The van der Waals surface area contributed by atoms with Gasteiger partial charge < -0.3 is 0 Å². The van der Waals surface area contributed by atoms with Crippen molar-refractivity contribution in [3.05, 3.63) is 145 Å². The first-order valence-electron chi connectivity index (χ1n) is 14.5. The highest BCUT2D eigenvalue weighted by Crippen LogP contribution is 2.61. The van der Waals surface area contributed by atoms with E-state index in [-0.39, 0.29) is 5.41 Å². The normalized spacial score (nSPS) is 13.8. The maximum atomic E-state index is 2.54. The average molecular weight is 521 g/mol. The molecule has 0 bridgehead atoms. The van der Waals surface area contributed by atoms with Crippen LogP contribution in [0.3, 0.4) is 0 Å². The molecule has 0 nitrogen and oxygen atoms in total. The lowest BCUT2D eigenvalue weighted by atomic mass is 9.80. The van der Waals surface area contributed by atoms with Crippen LogP contribution in [0.4, 0.5) is 0 Å². The summed E-state index contributed by atoms with van der Waals surface area (Å²) in [4.78, 5) is 0. The Balaban J connectivity index is 1.53. The van der Waals surface area contributed by atoms with E-state index in [1.165, 1.54) is 88.3 Å². The molecule has 0 heterocycles. The van der Waals surface area contributed by atoms with E-state index in [0.717, 1.165) is 0 Å². The summed E-state index contributed by atoms with van der Waals surface area (Å²) < 4.78 is 0. The molecule has 2 aliphatic carbocycles. The Bertz CT molecular complexity index is 2200. The highest BCUT2D eigenvalue weighted by Gasteiger charge is 2.39. The number of benzene rings is 7. The third-order valence-electron chi connectivity index (χ3n) is 9.58. The lowest BCUT2D eigenvalue weighted by Crippen LogP contribution is -2.15. The molecule has 0 N–H and O–H groups in total. The number of rotatable bonds is 2. The van der Waals surface area contributed by atoms with Gasteiger partial charge in [0.25, 0.3) is 0 Å². The van der Waals surface area contributed by atoms with Crippen LogP contribution in [0.2, 0.25) is 0 Å². The average Bonchev–Trinajstić information content (AvgIpc) is 3.47. The summed E-state index contributed by atoms with van der Waals surface area (Å²) in [6.07, 6.45) is 0. The summed E-state index contributed by atoms with van der Waals surface area (Å²) in [5.74, 6) is 0. The summed E-state index contributed by atoms with van der Waals surface area (Å²) in [7, 11) is 0. The van der Waals surface area contributed by atoms with Crippen LogP contribution < -0.4 is 0 Å². The van der Waals surface area contributed by atoms with Gasteiger partial charge in [0.05, 0.1) is 0 Å². The Morgan fingerprint density at radius 3 is 1.54 bits per heavy atom. The zero-order chi connectivity index (χ0) is 27.3. The van der Waals surface area contributed by atoms with Gasteiger partial charge in [-0.3, -0.25) is 0 Å². The summed E-state index contributed by atoms with van der Waals surface area (Å²) in [5.41, 5.74) is 16.2. The molecule has 0 saturated carbocycles. The van der Waals surface area contributed by atoms with Crippen molar-refractivity contribution in [1.29, 1.82) is 0 Å². The van der Waals surface area contributed by atoms with Crippen LogP contribution in [-0.4, -0.2) is 0 Å². The molecule has 0 fully saturated rings. The Kier molecular flexibility index (Phi) is 4.49. The van der Waals surface area contributed by atoms with E-state index in [0.29, 0.717) is 0 Å². The topological polar surface area (TPSA) is 0 Å². The fraction of sp³-hybridized carbons (Fsp3) is 0.0732. The minimum atomic E-state index is -0.0681. The van der Waals surface area contributed by atoms with Crippen LogP contribution in [0.15, 0.2) is 133 Å². The van der Waals surface area contributed by atoms with Crippen molar-refractivity contribution in [3.63, 3.8) is 0 Å².